The highest BCUT2D eigenvalue weighted by Crippen LogP contribution is 2.23. The third-order valence-corrected chi connectivity index (χ3v) is 3.17. The van der Waals surface area contributed by atoms with E-state index in [4.69, 9.17) is 0 Å². The summed E-state index contributed by atoms with van der Waals surface area (Å²) in [6.45, 7) is 4.46. The number of aromatic nitrogens is 1. The molecule has 90 valence electrons. The van der Waals surface area contributed by atoms with Crippen LogP contribution in [-0.4, -0.2) is 11.0 Å². The lowest BCUT2D eigenvalue weighted by Crippen LogP contribution is -2.18. The molecule has 1 aromatic carbocycles. The lowest BCUT2D eigenvalue weighted by molar-refractivity contribution is 0.623. The second-order valence-electron chi connectivity index (χ2n) is 4.44. The molecule has 1 aromatic heterocycles. The lowest BCUT2D eigenvalue weighted by atomic mass is 10.1. The molecule has 0 aliphatic carbocycles. The van der Waals surface area contributed by atoms with Gasteiger partial charge in [0.15, 0.2) is 0 Å². The van der Waals surface area contributed by atoms with Crippen LogP contribution in [0.5, 0.6) is 0 Å². The van der Waals surface area contributed by atoms with Crippen LogP contribution in [0.25, 0.3) is 10.8 Å². The van der Waals surface area contributed by atoms with Crippen LogP contribution in [0.3, 0.4) is 0 Å². The zero-order chi connectivity index (χ0) is 12.1. The Morgan fingerprint density at radius 3 is 2.88 bits per heavy atom. The van der Waals surface area contributed by atoms with Gasteiger partial charge in [0.2, 0.25) is 0 Å². The van der Waals surface area contributed by atoms with Crippen LogP contribution in [0.15, 0.2) is 36.7 Å². The van der Waals surface area contributed by atoms with Gasteiger partial charge in [0.05, 0.1) is 0 Å². The van der Waals surface area contributed by atoms with Crippen molar-refractivity contribution in [1.82, 2.24) is 4.98 Å². The van der Waals surface area contributed by atoms with Gasteiger partial charge in [-0.3, -0.25) is 4.98 Å². The van der Waals surface area contributed by atoms with E-state index in [1.54, 1.807) is 0 Å². The summed E-state index contributed by atoms with van der Waals surface area (Å²) in [5.74, 6) is 0. The molecule has 0 amide bonds. The largest absolute Gasteiger partial charge is 0.382 e. The monoisotopic (exact) mass is 228 g/mol. The first-order chi connectivity index (χ1) is 8.35. The van der Waals surface area contributed by atoms with E-state index in [0.717, 1.165) is 6.42 Å². The highest BCUT2D eigenvalue weighted by atomic mass is 14.9. The van der Waals surface area contributed by atoms with Crippen LogP contribution in [0, 0.1) is 0 Å². The fourth-order valence-electron chi connectivity index (χ4n) is 2.19. The summed E-state index contributed by atoms with van der Waals surface area (Å²) in [4.78, 5) is 4.21. The SMILES string of the molecule is CCCC(CC)Nc1cccc2ccncc12. The fraction of sp³-hybridized carbons (Fsp3) is 0.400. The molecule has 0 aliphatic heterocycles. The predicted molar refractivity (Wildman–Crippen MR) is 74.4 cm³/mol. The Morgan fingerprint density at radius 2 is 2.12 bits per heavy atom. The molecule has 1 unspecified atom stereocenters. The highest BCUT2D eigenvalue weighted by molar-refractivity contribution is 5.93. The molecule has 17 heavy (non-hydrogen) atoms. The average Bonchev–Trinajstić information content (AvgIpc) is 2.38. The minimum absolute atomic E-state index is 0.561. The van der Waals surface area contributed by atoms with Crippen LogP contribution in [0.2, 0.25) is 0 Å². The fourth-order valence-corrected chi connectivity index (χ4v) is 2.19. The molecule has 2 rings (SSSR count). The number of pyridine rings is 1. The highest BCUT2D eigenvalue weighted by Gasteiger charge is 2.06. The van der Waals surface area contributed by atoms with Crippen molar-refractivity contribution in [2.45, 2.75) is 39.2 Å². The molecule has 2 aromatic rings. The first kappa shape index (κ1) is 11.9. The van der Waals surface area contributed by atoms with Gasteiger partial charge < -0.3 is 5.32 Å². The van der Waals surface area contributed by atoms with E-state index < -0.39 is 0 Å². The maximum absolute atomic E-state index is 4.21. The van der Waals surface area contributed by atoms with Gasteiger partial charge in [0, 0.05) is 29.5 Å². The van der Waals surface area contributed by atoms with Crippen LogP contribution in [-0.2, 0) is 0 Å². The molecule has 1 N–H and O–H groups in total. The number of nitrogens with zero attached hydrogens (tertiary/aromatic N) is 1. The summed E-state index contributed by atoms with van der Waals surface area (Å²) in [7, 11) is 0. The van der Waals surface area contributed by atoms with Crippen molar-refractivity contribution in [3.05, 3.63) is 36.7 Å². The van der Waals surface area contributed by atoms with E-state index in [1.165, 1.54) is 29.3 Å². The van der Waals surface area contributed by atoms with Gasteiger partial charge in [-0.1, -0.05) is 32.4 Å². The second kappa shape index (κ2) is 5.67. The van der Waals surface area contributed by atoms with E-state index in [-0.39, 0.29) is 0 Å². The molecule has 1 heterocycles. The number of rotatable bonds is 5. The number of hydrogen-bond acceptors (Lipinski definition) is 2. The standard InChI is InChI=1S/C15H20N2/c1-3-6-13(4-2)17-15-8-5-7-12-9-10-16-11-14(12)15/h5,7-11,13,17H,3-4,6H2,1-2H3. The smallest absolute Gasteiger partial charge is 0.0437 e. The number of benzene rings is 1. The zero-order valence-electron chi connectivity index (χ0n) is 10.6. The number of fused-ring (bicyclic) bond motifs is 1. The van der Waals surface area contributed by atoms with Gasteiger partial charge in [-0.05, 0) is 30.4 Å². The molecule has 0 aliphatic rings. The van der Waals surface area contributed by atoms with Crippen LogP contribution in [0.1, 0.15) is 33.1 Å². The maximum atomic E-state index is 4.21. The molecule has 2 heteroatoms. The molecule has 0 spiro atoms. The van der Waals surface area contributed by atoms with Crippen molar-refractivity contribution in [3.8, 4) is 0 Å². The Bertz CT molecular complexity index is 474. The molecule has 0 bridgehead atoms. The van der Waals surface area contributed by atoms with Crippen molar-refractivity contribution >= 4 is 16.5 Å². The van der Waals surface area contributed by atoms with Gasteiger partial charge in [0.25, 0.3) is 0 Å². The van der Waals surface area contributed by atoms with Crippen LogP contribution >= 0.6 is 0 Å². The van der Waals surface area contributed by atoms with Crippen molar-refractivity contribution in [3.63, 3.8) is 0 Å². The van der Waals surface area contributed by atoms with Gasteiger partial charge in [0.1, 0.15) is 0 Å². The molecule has 0 radical (unpaired) electrons. The van der Waals surface area contributed by atoms with E-state index >= 15 is 0 Å². The normalized spacial score (nSPS) is 12.6. The summed E-state index contributed by atoms with van der Waals surface area (Å²) in [6.07, 6.45) is 7.37. The summed E-state index contributed by atoms with van der Waals surface area (Å²) in [6, 6.07) is 8.99. The Labute approximate surface area is 103 Å². The summed E-state index contributed by atoms with van der Waals surface area (Å²) in [5, 5.41) is 6.09. The molecule has 2 nitrogen and oxygen atoms in total. The molecular formula is C15H20N2. The Morgan fingerprint density at radius 1 is 1.24 bits per heavy atom. The Balaban J connectivity index is 2.28. The third-order valence-electron chi connectivity index (χ3n) is 3.17. The molecule has 0 saturated heterocycles. The summed E-state index contributed by atoms with van der Waals surface area (Å²) in [5.41, 5.74) is 1.20. The van der Waals surface area contributed by atoms with Crippen molar-refractivity contribution < 1.29 is 0 Å². The Kier molecular flexibility index (Phi) is 3.97. The van der Waals surface area contributed by atoms with E-state index in [2.05, 4.69) is 48.4 Å². The number of anilines is 1. The topological polar surface area (TPSA) is 24.9 Å². The molecule has 1 atom stereocenters. The second-order valence-corrected chi connectivity index (χ2v) is 4.44. The molecular weight excluding hydrogens is 208 g/mol. The van der Waals surface area contributed by atoms with E-state index in [9.17, 15) is 0 Å². The predicted octanol–water partition coefficient (Wildman–Crippen LogP) is 4.23. The van der Waals surface area contributed by atoms with Crippen molar-refractivity contribution in [1.29, 1.82) is 0 Å². The van der Waals surface area contributed by atoms with Crippen molar-refractivity contribution in [2.75, 3.05) is 5.32 Å². The third kappa shape index (κ3) is 2.76. The van der Waals surface area contributed by atoms with E-state index in [0.29, 0.717) is 6.04 Å². The number of hydrogen-bond donors (Lipinski definition) is 1. The van der Waals surface area contributed by atoms with Gasteiger partial charge >= 0.3 is 0 Å². The summed E-state index contributed by atoms with van der Waals surface area (Å²) < 4.78 is 0. The minimum Gasteiger partial charge on any atom is -0.382 e. The quantitative estimate of drug-likeness (QED) is 0.828. The van der Waals surface area contributed by atoms with Crippen molar-refractivity contribution in [2.24, 2.45) is 0 Å². The van der Waals surface area contributed by atoms with Gasteiger partial charge in [-0.25, -0.2) is 0 Å². The average molecular weight is 228 g/mol. The molecule has 0 fully saturated rings. The van der Waals surface area contributed by atoms with Gasteiger partial charge in [-0.15, -0.1) is 0 Å². The minimum atomic E-state index is 0.561. The first-order valence-corrected chi connectivity index (χ1v) is 6.44. The van der Waals surface area contributed by atoms with Crippen LogP contribution < -0.4 is 5.32 Å². The first-order valence-electron chi connectivity index (χ1n) is 6.44. The number of nitrogens with one attached hydrogen (secondary N) is 1. The maximum Gasteiger partial charge on any atom is 0.0437 e. The molecule has 0 saturated carbocycles. The Hall–Kier alpha value is -1.57. The summed E-state index contributed by atoms with van der Waals surface area (Å²) >= 11 is 0. The van der Waals surface area contributed by atoms with Gasteiger partial charge in [-0.2, -0.15) is 0 Å². The zero-order valence-corrected chi connectivity index (χ0v) is 10.6. The lowest BCUT2D eigenvalue weighted by Gasteiger charge is -2.18. The van der Waals surface area contributed by atoms with E-state index in [1.807, 2.05) is 12.4 Å². The van der Waals surface area contributed by atoms with Crippen LogP contribution in [0.4, 0.5) is 5.69 Å².